The highest BCUT2D eigenvalue weighted by Crippen LogP contribution is 2.36. The zero-order valence-electron chi connectivity index (χ0n) is 12.8. The Labute approximate surface area is 114 Å². The van der Waals surface area contributed by atoms with Gasteiger partial charge in [-0.05, 0) is 41.5 Å². The van der Waals surface area contributed by atoms with Gasteiger partial charge < -0.3 is 13.9 Å². The van der Waals surface area contributed by atoms with Crippen LogP contribution in [0.25, 0.3) is 0 Å². The highest BCUT2D eigenvalue weighted by molar-refractivity contribution is 6.62. The predicted molar refractivity (Wildman–Crippen MR) is 76.9 cm³/mol. The van der Waals surface area contributed by atoms with Gasteiger partial charge in [-0.2, -0.15) is 0 Å². The molecule has 0 saturated carbocycles. The third kappa shape index (κ3) is 2.15. The van der Waals surface area contributed by atoms with Crippen molar-refractivity contribution in [2.24, 2.45) is 7.05 Å². The standard InChI is InChI=1S/C14H22BNO3/c1-9-8-11(10(2)16(7)12(9)17)15-18-13(3,4)14(5,6)19-15/h8H,1-7H3. The molecule has 0 N–H and O–H groups in total. The minimum Gasteiger partial charge on any atom is -0.399 e. The molecule has 0 unspecified atom stereocenters. The summed E-state index contributed by atoms with van der Waals surface area (Å²) in [5.74, 6) is 0. The molecular weight excluding hydrogens is 241 g/mol. The molecule has 19 heavy (non-hydrogen) atoms. The first kappa shape index (κ1) is 14.3. The van der Waals surface area contributed by atoms with Gasteiger partial charge in [-0.1, -0.05) is 6.07 Å². The largest absolute Gasteiger partial charge is 0.496 e. The third-order valence-corrected chi connectivity index (χ3v) is 4.44. The maximum Gasteiger partial charge on any atom is 0.496 e. The van der Waals surface area contributed by atoms with E-state index in [0.717, 1.165) is 11.2 Å². The summed E-state index contributed by atoms with van der Waals surface area (Å²) < 4.78 is 13.7. The molecule has 2 rings (SSSR count). The van der Waals surface area contributed by atoms with E-state index in [1.54, 1.807) is 11.6 Å². The van der Waals surface area contributed by atoms with Gasteiger partial charge in [0.05, 0.1) is 11.2 Å². The smallest absolute Gasteiger partial charge is 0.399 e. The quantitative estimate of drug-likeness (QED) is 0.717. The highest BCUT2D eigenvalue weighted by Gasteiger charge is 2.52. The Morgan fingerprint density at radius 2 is 1.58 bits per heavy atom. The van der Waals surface area contributed by atoms with Gasteiger partial charge >= 0.3 is 7.12 Å². The monoisotopic (exact) mass is 263 g/mol. The van der Waals surface area contributed by atoms with E-state index in [0.29, 0.717) is 5.56 Å². The van der Waals surface area contributed by atoms with Crippen molar-refractivity contribution in [3.63, 3.8) is 0 Å². The minimum atomic E-state index is -0.421. The molecule has 4 nitrogen and oxygen atoms in total. The molecule has 1 saturated heterocycles. The van der Waals surface area contributed by atoms with Crippen LogP contribution < -0.4 is 11.0 Å². The number of hydrogen-bond donors (Lipinski definition) is 0. The van der Waals surface area contributed by atoms with Crippen molar-refractivity contribution in [2.75, 3.05) is 0 Å². The molecule has 0 bridgehead atoms. The van der Waals surface area contributed by atoms with Gasteiger partial charge in [0.25, 0.3) is 5.56 Å². The molecule has 0 aromatic carbocycles. The van der Waals surface area contributed by atoms with Crippen LogP contribution in [0.3, 0.4) is 0 Å². The Balaban J connectivity index is 2.49. The van der Waals surface area contributed by atoms with Crippen LogP contribution in [-0.4, -0.2) is 22.9 Å². The first-order valence-corrected chi connectivity index (χ1v) is 6.59. The molecule has 104 valence electrons. The molecule has 1 aromatic rings. The Hall–Kier alpha value is -1.07. The van der Waals surface area contributed by atoms with Gasteiger partial charge in [-0.25, -0.2) is 0 Å². The van der Waals surface area contributed by atoms with Gasteiger partial charge in [-0.15, -0.1) is 0 Å². The van der Waals surface area contributed by atoms with E-state index in [4.69, 9.17) is 9.31 Å². The van der Waals surface area contributed by atoms with E-state index < -0.39 is 7.12 Å². The molecule has 1 aliphatic rings. The number of aryl methyl sites for hydroxylation is 1. The Bertz CT molecular complexity index is 559. The second-order valence-corrected chi connectivity index (χ2v) is 6.32. The fourth-order valence-corrected chi connectivity index (χ4v) is 2.22. The maximum atomic E-state index is 11.9. The number of hydrogen-bond acceptors (Lipinski definition) is 3. The number of aromatic nitrogens is 1. The van der Waals surface area contributed by atoms with Crippen molar-refractivity contribution in [3.05, 3.63) is 27.7 Å². The molecule has 0 radical (unpaired) electrons. The lowest BCUT2D eigenvalue weighted by Crippen LogP contribution is -2.41. The topological polar surface area (TPSA) is 40.5 Å². The summed E-state index contributed by atoms with van der Waals surface area (Å²) in [6, 6.07) is 1.87. The van der Waals surface area contributed by atoms with Crippen LogP contribution in [0.1, 0.15) is 39.0 Å². The van der Waals surface area contributed by atoms with E-state index in [9.17, 15) is 4.79 Å². The maximum absolute atomic E-state index is 11.9. The van der Waals surface area contributed by atoms with E-state index in [2.05, 4.69) is 0 Å². The number of rotatable bonds is 1. The van der Waals surface area contributed by atoms with Crippen LogP contribution >= 0.6 is 0 Å². The highest BCUT2D eigenvalue weighted by atomic mass is 16.7. The van der Waals surface area contributed by atoms with Gasteiger partial charge in [0.2, 0.25) is 0 Å². The molecule has 0 spiro atoms. The summed E-state index contributed by atoms with van der Waals surface area (Å²) in [4.78, 5) is 11.9. The SMILES string of the molecule is Cc1cc(B2OC(C)(C)C(C)(C)O2)c(C)n(C)c1=O. The summed E-state index contributed by atoms with van der Waals surface area (Å²) in [5, 5.41) is 0. The van der Waals surface area contributed by atoms with E-state index in [-0.39, 0.29) is 16.8 Å². The van der Waals surface area contributed by atoms with Crippen molar-refractivity contribution in [3.8, 4) is 0 Å². The Kier molecular flexibility index (Phi) is 3.18. The zero-order valence-corrected chi connectivity index (χ0v) is 12.8. The zero-order chi connectivity index (χ0) is 14.6. The van der Waals surface area contributed by atoms with Crippen LogP contribution in [0.15, 0.2) is 10.9 Å². The van der Waals surface area contributed by atoms with Crippen molar-refractivity contribution >= 4 is 12.6 Å². The lowest BCUT2D eigenvalue weighted by Gasteiger charge is -2.32. The molecule has 1 fully saturated rings. The van der Waals surface area contributed by atoms with Gasteiger partial charge in [0.1, 0.15) is 0 Å². The van der Waals surface area contributed by atoms with Gasteiger partial charge in [0, 0.05) is 23.8 Å². The van der Waals surface area contributed by atoms with Crippen LogP contribution in [0.5, 0.6) is 0 Å². The molecule has 0 aliphatic carbocycles. The van der Waals surface area contributed by atoms with E-state index in [1.165, 1.54) is 0 Å². The van der Waals surface area contributed by atoms with Gasteiger partial charge in [-0.3, -0.25) is 4.79 Å². The second-order valence-electron chi connectivity index (χ2n) is 6.32. The van der Waals surface area contributed by atoms with Crippen molar-refractivity contribution < 1.29 is 9.31 Å². The fraction of sp³-hybridized carbons (Fsp3) is 0.643. The van der Waals surface area contributed by atoms with Crippen molar-refractivity contribution in [1.82, 2.24) is 4.57 Å². The number of nitrogens with zero attached hydrogens (tertiary/aromatic N) is 1. The summed E-state index contributed by atoms with van der Waals surface area (Å²) in [7, 11) is 1.36. The first-order chi connectivity index (χ1) is 8.57. The average Bonchev–Trinajstić information content (AvgIpc) is 2.50. The average molecular weight is 263 g/mol. The Morgan fingerprint density at radius 3 is 2.05 bits per heavy atom. The molecule has 1 aromatic heterocycles. The van der Waals surface area contributed by atoms with E-state index in [1.807, 2.05) is 47.6 Å². The predicted octanol–water partition coefficient (Wildman–Crippen LogP) is 1.30. The third-order valence-electron chi connectivity index (χ3n) is 4.44. The first-order valence-electron chi connectivity index (χ1n) is 6.59. The summed E-state index contributed by atoms with van der Waals surface area (Å²) in [6.07, 6.45) is 0. The van der Waals surface area contributed by atoms with Crippen LogP contribution in [0, 0.1) is 13.8 Å². The molecule has 5 heteroatoms. The summed E-state index contributed by atoms with van der Waals surface area (Å²) in [6.45, 7) is 11.8. The van der Waals surface area contributed by atoms with Crippen molar-refractivity contribution in [2.45, 2.75) is 52.7 Å². The van der Waals surface area contributed by atoms with Crippen LogP contribution in [0.2, 0.25) is 0 Å². The lowest BCUT2D eigenvalue weighted by molar-refractivity contribution is 0.00578. The molecule has 0 amide bonds. The molecule has 0 atom stereocenters. The normalized spacial score (nSPS) is 20.9. The second kappa shape index (κ2) is 4.22. The van der Waals surface area contributed by atoms with Crippen LogP contribution in [0.4, 0.5) is 0 Å². The summed E-state index contributed by atoms with van der Waals surface area (Å²) >= 11 is 0. The molecule has 1 aliphatic heterocycles. The lowest BCUT2D eigenvalue weighted by atomic mass is 9.77. The summed E-state index contributed by atoms with van der Waals surface area (Å²) in [5.41, 5.74) is 1.81. The molecular formula is C14H22BNO3. The minimum absolute atomic E-state index is 0.0257. The number of pyridine rings is 1. The fourth-order valence-electron chi connectivity index (χ4n) is 2.22. The Morgan fingerprint density at radius 1 is 1.11 bits per heavy atom. The molecule has 2 heterocycles. The van der Waals surface area contributed by atoms with Gasteiger partial charge in [0.15, 0.2) is 0 Å². The van der Waals surface area contributed by atoms with E-state index >= 15 is 0 Å². The van der Waals surface area contributed by atoms with Crippen LogP contribution in [-0.2, 0) is 16.4 Å². The van der Waals surface area contributed by atoms with Crippen molar-refractivity contribution in [1.29, 1.82) is 0 Å².